The summed E-state index contributed by atoms with van der Waals surface area (Å²) in [5.74, 6) is 3.29. The molecule has 1 aliphatic carbocycles. The Bertz CT molecular complexity index is 2830. The van der Waals surface area contributed by atoms with Crippen LogP contribution in [0.2, 0.25) is 0 Å². The standard InChI is InChI=1S/C51H32N4O/c1-3-15-35(16-4-1)48-53-49(36-17-5-2-6-18-36)55-50(54-48)40-22-14-26-44-47(40)56-46-37(33-28-30-34(31-29-33)45-27-11-12-32-52-45)21-13-25-43(46)51(44)41-23-9-7-19-38(41)39-20-8-10-24-42(39)51/h1-32H. The summed E-state index contributed by atoms with van der Waals surface area (Å²) < 4.78 is 7.36. The van der Waals surface area contributed by atoms with E-state index in [0.29, 0.717) is 17.5 Å². The van der Waals surface area contributed by atoms with Gasteiger partial charge in [-0.15, -0.1) is 0 Å². The zero-order valence-corrected chi connectivity index (χ0v) is 30.2. The molecule has 0 atom stereocenters. The Morgan fingerprint density at radius 1 is 0.321 bits per heavy atom. The van der Waals surface area contributed by atoms with Crippen LogP contribution in [0.4, 0.5) is 0 Å². The lowest BCUT2D eigenvalue weighted by Gasteiger charge is -2.40. The molecule has 3 heterocycles. The van der Waals surface area contributed by atoms with E-state index < -0.39 is 5.41 Å². The molecule has 1 aliphatic heterocycles. The molecule has 7 aromatic carbocycles. The number of hydrogen-bond donors (Lipinski definition) is 0. The fraction of sp³-hybridized carbons (Fsp3) is 0.0196. The summed E-state index contributed by atoms with van der Waals surface area (Å²) in [5, 5.41) is 0. The maximum absolute atomic E-state index is 7.36. The highest BCUT2D eigenvalue weighted by atomic mass is 16.5. The molecule has 0 amide bonds. The Morgan fingerprint density at radius 3 is 1.38 bits per heavy atom. The lowest BCUT2D eigenvalue weighted by Crippen LogP contribution is -2.32. The highest BCUT2D eigenvalue weighted by molar-refractivity contribution is 5.92. The number of para-hydroxylation sites is 2. The maximum atomic E-state index is 7.36. The summed E-state index contributed by atoms with van der Waals surface area (Å²) in [6.07, 6.45) is 1.83. The number of aromatic nitrogens is 4. The number of hydrogen-bond acceptors (Lipinski definition) is 5. The zero-order chi connectivity index (χ0) is 37.1. The smallest absolute Gasteiger partial charge is 0.167 e. The average molecular weight is 717 g/mol. The molecule has 2 aliphatic rings. The molecule has 0 radical (unpaired) electrons. The third kappa shape index (κ3) is 4.88. The highest BCUT2D eigenvalue weighted by Gasteiger charge is 2.52. The first-order valence-electron chi connectivity index (χ1n) is 18.8. The van der Waals surface area contributed by atoms with Gasteiger partial charge in [0.05, 0.1) is 16.7 Å². The van der Waals surface area contributed by atoms with Gasteiger partial charge in [-0.3, -0.25) is 4.98 Å². The van der Waals surface area contributed by atoms with Gasteiger partial charge in [0.25, 0.3) is 0 Å². The van der Waals surface area contributed by atoms with Gasteiger partial charge >= 0.3 is 0 Å². The summed E-state index contributed by atoms with van der Waals surface area (Å²) in [6, 6.07) is 65.3. The first-order chi connectivity index (χ1) is 27.8. The summed E-state index contributed by atoms with van der Waals surface area (Å²) in [6.45, 7) is 0. The van der Waals surface area contributed by atoms with E-state index in [2.05, 4.69) is 114 Å². The highest BCUT2D eigenvalue weighted by Crippen LogP contribution is 2.64. The molecule has 0 bridgehead atoms. The van der Waals surface area contributed by atoms with E-state index in [1.165, 1.54) is 22.3 Å². The molecule has 0 saturated heterocycles. The Morgan fingerprint density at radius 2 is 0.786 bits per heavy atom. The number of nitrogens with zero attached hydrogens (tertiary/aromatic N) is 4. The van der Waals surface area contributed by atoms with Crippen LogP contribution < -0.4 is 4.74 Å². The van der Waals surface area contributed by atoms with Crippen LogP contribution >= 0.6 is 0 Å². The van der Waals surface area contributed by atoms with Gasteiger partial charge in [-0.1, -0.05) is 170 Å². The predicted molar refractivity (Wildman–Crippen MR) is 222 cm³/mol. The molecule has 0 fully saturated rings. The molecule has 56 heavy (non-hydrogen) atoms. The topological polar surface area (TPSA) is 60.8 Å². The van der Waals surface area contributed by atoms with Crippen molar-refractivity contribution in [3.8, 4) is 79.2 Å². The summed E-state index contributed by atoms with van der Waals surface area (Å²) >= 11 is 0. The van der Waals surface area contributed by atoms with Gasteiger partial charge in [-0.25, -0.2) is 15.0 Å². The molecule has 5 nitrogen and oxygen atoms in total. The Kier molecular flexibility index (Phi) is 7.32. The van der Waals surface area contributed by atoms with Crippen molar-refractivity contribution in [1.29, 1.82) is 0 Å². The van der Waals surface area contributed by atoms with Crippen LogP contribution in [0.3, 0.4) is 0 Å². The van der Waals surface area contributed by atoms with Gasteiger partial charge in [0.1, 0.15) is 11.5 Å². The molecule has 11 rings (SSSR count). The normalized spacial score (nSPS) is 12.9. The Labute approximate surface area is 324 Å². The summed E-state index contributed by atoms with van der Waals surface area (Å²) in [5.41, 5.74) is 13.0. The SMILES string of the molecule is c1ccc(-c2nc(-c3ccccc3)nc(-c3cccc4c3Oc3c(-c5ccc(-c6ccccn6)cc5)cccc3C43c4ccccc4-c4ccccc43)n2)cc1. The van der Waals surface area contributed by atoms with Crippen molar-refractivity contribution in [3.05, 3.63) is 217 Å². The van der Waals surface area contributed by atoms with Gasteiger partial charge < -0.3 is 4.74 Å². The molecular formula is C51H32N4O. The lowest BCUT2D eigenvalue weighted by molar-refractivity contribution is 0.439. The quantitative estimate of drug-likeness (QED) is 0.177. The molecule has 0 unspecified atom stereocenters. The monoisotopic (exact) mass is 716 g/mol. The van der Waals surface area contributed by atoms with Gasteiger partial charge in [0.2, 0.25) is 0 Å². The molecule has 0 N–H and O–H groups in total. The molecule has 5 heteroatoms. The molecule has 262 valence electrons. The minimum absolute atomic E-state index is 0.546. The number of benzene rings is 7. The fourth-order valence-electron chi connectivity index (χ4n) is 8.63. The van der Waals surface area contributed by atoms with Crippen LogP contribution in [0.5, 0.6) is 11.5 Å². The molecular weight excluding hydrogens is 685 g/mol. The zero-order valence-electron chi connectivity index (χ0n) is 30.2. The second-order valence-corrected chi connectivity index (χ2v) is 14.1. The van der Waals surface area contributed by atoms with Gasteiger partial charge in [0.15, 0.2) is 17.5 Å². The van der Waals surface area contributed by atoms with Crippen molar-refractivity contribution >= 4 is 0 Å². The van der Waals surface area contributed by atoms with Crippen LogP contribution in [0.1, 0.15) is 22.3 Å². The van der Waals surface area contributed by atoms with Crippen molar-refractivity contribution in [2.75, 3.05) is 0 Å². The Hall–Kier alpha value is -7.50. The third-order valence-corrected chi connectivity index (χ3v) is 11.1. The van der Waals surface area contributed by atoms with Crippen molar-refractivity contribution < 1.29 is 4.74 Å². The minimum atomic E-state index is -0.673. The number of pyridine rings is 1. The van der Waals surface area contributed by atoms with Crippen LogP contribution in [0.15, 0.2) is 194 Å². The first kappa shape index (κ1) is 32.0. The van der Waals surface area contributed by atoms with Crippen molar-refractivity contribution in [3.63, 3.8) is 0 Å². The fourth-order valence-corrected chi connectivity index (χ4v) is 8.63. The number of fused-ring (bicyclic) bond motifs is 9. The third-order valence-electron chi connectivity index (χ3n) is 11.1. The van der Waals surface area contributed by atoms with Crippen molar-refractivity contribution in [2.45, 2.75) is 5.41 Å². The largest absolute Gasteiger partial charge is 0.455 e. The van der Waals surface area contributed by atoms with Crippen LogP contribution in [-0.4, -0.2) is 19.9 Å². The van der Waals surface area contributed by atoms with E-state index in [1.807, 2.05) is 85.1 Å². The second kappa shape index (κ2) is 12.8. The minimum Gasteiger partial charge on any atom is -0.455 e. The molecule has 0 saturated carbocycles. The van der Waals surface area contributed by atoms with E-state index in [-0.39, 0.29) is 0 Å². The van der Waals surface area contributed by atoms with E-state index in [1.54, 1.807) is 0 Å². The lowest BCUT2D eigenvalue weighted by atomic mass is 9.65. The average Bonchev–Trinajstić information content (AvgIpc) is 3.57. The van der Waals surface area contributed by atoms with Gasteiger partial charge in [0, 0.05) is 39.6 Å². The molecule has 1 spiro atoms. The van der Waals surface area contributed by atoms with E-state index >= 15 is 0 Å². The molecule has 9 aromatic rings. The second-order valence-electron chi connectivity index (χ2n) is 14.1. The number of rotatable bonds is 5. The summed E-state index contributed by atoms with van der Waals surface area (Å²) in [4.78, 5) is 19.9. The van der Waals surface area contributed by atoms with E-state index in [4.69, 9.17) is 19.7 Å². The summed E-state index contributed by atoms with van der Waals surface area (Å²) in [7, 11) is 0. The predicted octanol–water partition coefficient (Wildman–Crippen LogP) is 12.1. The van der Waals surface area contributed by atoms with Crippen LogP contribution in [0.25, 0.3) is 67.7 Å². The molecule has 2 aromatic heterocycles. The Balaban J connectivity index is 1.19. The van der Waals surface area contributed by atoms with Crippen molar-refractivity contribution in [1.82, 2.24) is 19.9 Å². The maximum Gasteiger partial charge on any atom is 0.167 e. The van der Waals surface area contributed by atoms with Gasteiger partial charge in [-0.05, 0) is 46.0 Å². The number of ether oxygens (including phenoxy) is 1. The van der Waals surface area contributed by atoms with E-state index in [9.17, 15) is 0 Å². The van der Waals surface area contributed by atoms with Crippen LogP contribution in [-0.2, 0) is 5.41 Å². The van der Waals surface area contributed by atoms with Crippen LogP contribution in [0, 0.1) is 0 Å². The van der Waals surface area contributed by atoms with E-state index in [0.717, 1.165) is 61.7 Å². The first-order valence-corrected chi connectivity index (χ1v) is 18.8. The van der Waals surface area contributed by atoms with Crippen molar-refractivity contribution in [2.24, 2.45) is 0 Å². The van der Waals surface area contributed by atoms with Gasteiger partial charge in [-0.2, -0.15) is 0 Å².